The first kappa shape index (κ1) is 15.7. The van der Waals surface area contributed by atoms with Crippen LogP contribution in [-0.4, -0.2) is 35.5 Å². The molecule has 0 bridgehead atoms. The van der Waals surface area contributed by atoms with E-state index in [0.29, 0.717) is 5.92 Å². The number of nitrogens with two attached hydrogens (primary N) is 1. The molecule has 116 valence electrons. The van der Waals surface area contributed by atoms with Crippen LogP contribution in [0, 0.1) is 11.7 Å². The van der Waals surface area contributed by atoms with Crippen molar-refractivity contribution < 1.29 is 9.13 Å². The quantitative estimate of drug-likeness (QED) is 0.858. The van der Waals surface area contributed by atoms with Crippen LogP contribution in [0.1, 0.15) is 19.3 Å². The molecule has 21 heavy (non-hydrogen) atoms. The van der Waals surface area contributed by atoms with Gasteiger partial charge in [-0.15, -0.1) is 11.8 Å². The van der Waals surface area contributed by atoms with Crippen LogP contribution in [0.2, 0.25) is 0 Å². The van der Waals surface area contributed by atoms with Crippen LogP contribution >= 0.6 is 23.5 Å². The van der Waals surface area contributed by atoms with Crippen molar-refractivity contribution in [2.75, 3.05) is 23.9 Å². The van der Waals surface area contributed by atoms with Gasteiger partial charge in [0, 0.05) is 29.0 Å². The normalized spacial score (nSPS) is 30.7. The van der Waals surface area contributed by atoms with Crippen LogP contribution in [0.4, 0.5) is 4.39 Å². The summed E-state index contributed by atoms with van der Waals surface area (Å²) in [5.41, 5.74) is 6.50. The van der Waals surface area contributed by atoms with Crippen LogP contribution in [0.5, 0.6) is 0 Å². The Morgan fingerprint density at radius 1 is 1.52 bits per heavy atom. The number of ether oxygens (including phenoxy) is 1. The third-order valence-corrected chi connectivity index (χ3v) is 6.80. The maximum absolute atomic E-state index is 13.2. The Labute approximate surface area is 134 Å². The predicted molar refractivity (Wildman–Crippen MR) is 88.4 cm³/mol. The molecule has 0 radical (unpaired) electrons. The molecule has 2 heterocycles. The first-order chi connectivity index (χ1) is 10.2. The van der Waals surface area contributed by atoms with Crippen molar-refractivity contribution in [2.24, 2.45) is 11.7 Å². The molecule has 3 rings (SSSR count). The van der Waals surface area contributed by atoms with E-state index in [4.69, 9.17) is 10.5 Å². The number of hydrogen-bond donors (Lipinski definition) is 1. The van der Waals surface area contributed by atoms with Crippen LogP contribution in [0.3, 0.4) is 0 Å². The number of thioether (sulfide) groups is 2. The SMILES string of the molecule is NC(CSc1cccc(F)c1)C1CCOC2(CCSC2)C1. The highest BCUT2D eigenvalue weighted by molar-refractivity contribution is 7.99. The molecule has 0 saturated carbocycles. The Morgan fingerprint density at radius 3 is 3.19 bits per heavy atom. The zero-order valence-corrected chi connectivity index (χ0v) is 13.7. The molecule has 1 spiro atoms. The van der Waals surface area contributed by atoms with Crippen molar-refractivity contribution in [2.45, 2.75) is 35.8 Å². The van der Waals surface area contributed by atoms with Gasteiger partial charge >= 0.3 is 0 Å². The van der Waals surface area contributed by atoms with Crippen LogP contribution in [-0.2, 0) is 4.74 Å². The summed E-state index contributed by atoms with van der Waals surface area (Å²) in [6.45, 7) is 0.837. The van der Waals surface area contributed by atoms with Gasteiger partial charge in [0.15, 0.2) is 0 Å². The van der Waals surface area contributed by atoms with Gasteiger partial charge in [0.1, 0.15) is 5.82 Å². The maximum Gasteiger partial charge on any atom is 0.124 e. The second-order valence-corrected chi connectivity index (χ2v) is 8.22. The second-order valence-electron chi connectivity index (χ2n) is 6.02. The Kier molecular flexibility index (Phi) is 5.15. The zero-order valence-electron chi connectivity index (χ0n) is 12.1. The standard InChI is InChI=1S/C16H22FNOS2/c17-13-2-1-3-14(8-13)21-10-15(18)12-4-6-19-16(9-12)5-7-20-11-16/h1-3,8,12,15H,4-7,9-11,18H2. The lowest BCUT2D eigenvalue weighted by Gasteiger charge is -2.40. The third kappa shape index (κ3) is 3.95. The Balaban J connectivity index is 1.54. The average Bonchev–Trinajstić information content (AvgIpc) is 2.93. The maximum atomic E-state index is 13.2. The minimum Gasteiger partial charge on any atom is -0.374 e. The van der Waals surface area contributed by atoms with E-state index >= 15 is 0 Å². The summed E-state index contributed by atoms with van der Waals surface area (Å²) >= 11 is 3.65. The minimum absolute atomic E-state index is 0.0920. The second kappa shape index (κ2) is 6.90. The molecule has 2 nitrogen and oxygen atoms in total. The highest BCUT2D eigenvalue weighted by Crippen LogP contribution is 2.41. The van der Waals surface area contributed by atoms with Gasteiger partial charge in [-0.2, -0.15) is 11.8 Å². The molecule has 2 aliphatic rings. The number of halogens is 1. The summed E-state index contributed by atoms with van der Waals surface area (Å²) in [4.78, 5) is 0.962. The topological polar surface area (TPSA) is 35.2 Å². The van der Waals surface area contributed by atoms with Crippen molar-refractivity contribution in [3.05, 3.63) is 30.1 Å². The van der Waals surface area contributed by atoms with Crippen molar-refractivity contribution in [1.29, 1.82) is 0 Å². The lowest BCUT2D eigenvalue weighted by molar-refractivity contribution is -0.0820. The molecule has 2 fully saturated rings. The predicted octanol–water partition coefficient (Wildman–Crippen LogP) is 3.55. The molecule has 5 heteroatoms. The fourth-order valence-corrected chi connectivity index (χ4v) is 5.59. The van der Waals surface area contributed by atoms with Gasteiger partial charge in [0.05, 0.1) is 5.60 Å². The Morgan fingerprint density at radius 2 is 2.43 bits per heavy atom. The number of rotatable bonds is 4. The van der Waals surface area contributed by atoms with Gasteiger partial charge in [0.25, 0.3) is 0 Å². The summed E-state index contributed by atoms with van der Waals surface area (Å²) in [5.74, 6) is 3.52. The monoisotopic (exact) mass is 327 g/mol. The highest BCUT2D eigenvalue weighted by atomic mass is 32.2. The van der Waals surface area contributed by atoms with E-state index in [0.717, 1.165) is 42.3 Å². The summed E-state index contributed by atoms with van der Waals surface area (Å²) in [6.07, 6.45) is 3.31. The van der Waals surface area contributed by atoms with Crippen molar-refractivity contribution in [1.82, 2.24) is 0 Å². The first-order valence-corrected chi connectivity index (χ1v) is 9.67. The summed E-state index contributed by atoms with van der Waals surface area (Å²) < 4.78 is 19.2. The van der Waals surface area contributed by atoms with Gasteiger partial charge in [0.2, 0.25) is 0 Å². The largest absolute Gasteiger partial charge is 0.374 e. The lowest BCUT2D eigenvalue weighted by Crippen LogP contribution is -2.46. The van der Waals surface area contributed by atoms with E-state index in [1.54, 1.807) is 23.9 Å². The van der Waals surface area contributed by atoms with E-state index in [1.807, 2.05) is 17.8 Å². The Bertz CT molecular complexity index is 479. The van der Waals surface area contributed by atoms with Crippen LogP contribution < -0.4 is 5.73 Å². The summed E-state index contributed by atoms with van der Waals surface area (Å²) in [6, 6.07) is 6.91. The van der Waals surface area contributed by atoms with Crippen molar-refractivity contribution in [3.63, 3.8) is 0 Å². The van der Waals surface area contributed by atoms with Gasteiger partial charge in [-0.3, -0.25) is 0 Å². The van der Waals surface area contributed by atoms with Crippen molar-refractivity contribution >= 4 is 23.5 Å². The van der Waals surface area contributed by atoms with Crippen LogP contribution in [0.25, 0.3) is 0 Å². The molecular formula is C16H22FNOS2. The first-order valence-electron chi connectivity index (χ1n) is 7.53. The summed E-state index contributed by atoms with van der Waals surface area (Å²) in [7, 11) is 0. The minimum atomic E-state index is -0.179. The zero-order chi connectivity index (χ0) is 14.7. The fourth-order valence-electron chi connectivity index (χ4n) is 3.18. The molecule has 3 atom stereocenters. The molecule has 0 aliphatic carbocycles. The van der Waals surface area contributed by atoms with E-state index in [-0.39, 0.29) is 17.5 Å². The molecule has 0 aromatic heterocycles. The van der Waals surface area contributed by atoms with Gasteiger partial charge in [-0.05, 0) is 49.1 Å². The van der Waals surface area contributed by atoms with E-state index in [1.165, 1.54) is 11.8 Å². The van der Waals surface area contributed by atoms with Crippen LogP contribution in [0.15, 0.2) is 29.2 Å². The number of hydrogen-bond acceptors (Lipinski definition) is 4. The number of benzene rings is 1. The van der Waals surface area contributed by atoms with E-state index in [2.05, 4.69) is 0 Å². The van der Waals surface area contributed by atoms with Crippen molar-refractivity contribution in [3.8, 4) is 0 Å². The Hall–Kier alpha value is -0.230. The molecule has 0 amide bonds. The van der Waals surface area contributed by atoms with Gasteiger partial charge in [-0.1, -0.05) is 6.07 Å². The molecule has 2 saturated heterocycles. The summed E-state index contributed by atoms with van der Waals surface area (Å²) in [5, 5.41) is 0. The van der Waals surface area contributed by atoms with Gasteiger partial charge in [-0.25, -0.2) is 4.39 Å². The fraction of sp³-hybridized carbons (Fsp3) is 0.625. The molecule has 3 unspecified atom stereocenters. The molecule has 1 aromatic carbocycles. The van der Waals surface area contributed by atoms with Gasteiger partial charge < -0.3 is 10.5 Å². The molecular weight excluding hydrogens is 305 g/mol. The lowest BCUT2D eigenvalue weighted by atomic mass is 9.82. The molecule has 1 aromatic rings. The highest BCUT2D eigenvalue weighted by Gasteiger charge is 2.41. The third-order valence-electron chi connectivity index (χ3n) is 4.44. The smallest absolute Gasteiger partial charge is 0.124 e. The van der Waals surface area contributed by atoms with E-state index < -0.39 is 0 Å². The molecule has 2 N–H and O–H groups in total. The van der Waals surface area contributed by atoms with E-state index in [9.17, 15) is 4.39 Å². The molecule has 2 aliphatic heterocycles. The average molecular weight is 327 g/mol.